The van der Waals surface area contributed by atoms with Crippen LogP contribution in [0.1, 0.15) is 31.2 Å². The first-order valence-electron chi connectivity index (χ1n) is 10.5. The molecule has 0 unspecified atom stereocenters. The largest absolute Gasteiger partial charge is 0.335 e. The van der Waals surface area contributed by atoms with E-state index in [1.54, 1.807) is 22.8 Å². The van der Waals surface area contributed by atoms with Crippen LogP contribution in [0.5, 0.6) is 0 Å². The molecular formula is C23H24FN5O2S. The van der Waals surface area contributed by atoms with Crippen molar-refractivity contribution >= 4 is 23.7 Å². The number of carbonyl (C=O) groups is 2. The Bertz CT molecular complexity index is 1110. The summed E-state index contributed by atoms with van der Waals surface area (Å²) in [6.45, 7) is 1.98. The number of thioether (sulfide) groups is 1. The second-order valence-corrected chi connectivity index (χ2v) is 8.69. The monoisotopic (exact) mass is 453 g/mol. The van der Waals surface area contributed by atoms with E-state index in [2.05, 4.69) is 20.8 Å². The van der Waals surface area contributed by atoms with Gasteiger partial charge in [-0.15, -0.1) is 10.2 Å². The predicted molar refractivity (Wildman–Crippen MR) is 121 cm³/mol. The molecule has 0 aliphatic heterocycles. The van der Waals surface area contributed by atoms with Gasteiger partial charge < -0.3 is 5.32 Å². The lowest BCUT2D eigenvalue weighted by Gasteiger charge is -2.13. The van der Waals surface area contributed by atoms with Crippen LogP contribution in [0.4, 0.5) is 9.18 Å². The highest BCUT2D eigenvalue weighted by Crippen LogP contribution is 2.29. The maximum Gasteiger partial charge on any atom is 0.321 e. The van der Waals surface area contributed by atoms with Crippen molar-refractivity contribution in [3.63, 3.8) is 0 Å². The van der Waals surface area contributed by atoms with Crippen molar-refractivity contribution < 1.29 is 14.0 Å². The zero-order valence-corrected chi connectivity index (χ0v) is 18.5. The highest BCUT2D eigenvalue weighted by molar-refractivity contribution is 7.99. The minimum absolute atomic E-state index is 0.0284. The molecule has 0 saturated heterocycles. The van der Waals surface area contributed by atoms with Crippen molar-refractivity contribution in [1.29, 1.82) is 0 Å². The molecule has 4 rings (SSSR count). The molecule has 1 aromatic heterocycles. The summed E-state index contributed by atoms with van der Waals surface area (Å²) in [4.78, 5) is 24.4. The van der Waals surface area contributed by atoms with Gasteiger partial charge in [-0.2, -0.15) is 0 Å². The Hall–Kier alpha value is -3.20. The second kappa shape index (κ2) is 9.95. The fraction of sp³-hybridized carbons (Fsp3) is 0.304. The maximum atomic E-state index is 14.5. The summed E-state index contributed by atoms with van der Waals surface area (Å²) in [5, 5.41) is 14.0. The molecule has 7 nitrogen and oxygen atoms in total. The summed E-state index contributed by atoms with van der Waals surface area (Å²) < 4.78 is 16.2. The van der Waals surface area contributed by atoms with Gasteiger partial charge in [0, 0.05) is 11.7 Å². The van der Waals surface area contributed by atoms with Crippen LogP contribution in [-0.4, -0.2) is 38.5 Å². The Kier molecular flexibility index (Phi) is 6.84. The number of halogens is 1. The molecule has 0 radical (unpaired) electrons. The standard InChI is InChI=1S/C23H24FN5O2S/c1-15-10-12-17(13-11-15)29-21(18-8-4-5-9-19(18)24)27-28-23(29)32-14-20(30)26-22(31)25-16-6-2-3-7-16/h4-5,8-13,16H,2-3,6-7,14H2,1H3,(H2,25,26,30,31). The summed E-state index contributed by atoms with van der Waals surface area (Å²) in [5.41, 5.74) is 2.14. The number of benzene rings is 2. The van der Waals surface area contributed by atoms with Crippen LogP contribution in [0.2, 0.25) is 0 Å². The van der Waals surface area contributed by atoms with E-state index in [1.807, 2.05) is 31.2 Å². The van der Waals surface area contributed by atoms with Gasteiger partial charge in [0.25, 0.3) is 0 Å². The number of imide groups is 1. The molecule has 1 aliphatic carbocycles. The number of aromatic nitrogens is 3. The van der Waals surface area contributed by atoms with Crippen LogP contribution in [0, 0.1) is 12.7 Å². The molecule has 166 valence electrons. The Morgan fingerprint density at radius 3 is 2.53 bits per heavy atom. The molecule has 2 N–H and O–H groups in total. The number of nitrogens with one attached hydrogen (secondary N) is 2. The Morgan fingerprint density at radius 2 is 1.81 bits per heavy atom. The van der Waals surface area contributed by atoms with E-state index in [1.165, 1.54) is 6.07 Å². The molecule has 0 atom stereocenters. The molecule has 3 aromatic rings. The zero-order chi connectivity index (χ0) is 22.5. The topological polar surface area (TPSA) is 88.9 Å². The SMILES string of the molecule is Cc1ccc(-n2c(SCC(=O)NC(=O)NC3CCCC3)nnc2-c2ccccc2F)cc1. The molecule has 3 amide bonds. The van der Waals surface area contributed by atoms with Crippen molar-refractivity contribution in [2.24, 2.45) is 0 Å². The average Bonchev–Trinajstić information content (AvgIpc) is 3.43. The van der Waals surface area contributed by atoms with Crippen molar-refractivity contribution in [3.05, 3.63) is 59.9 Å². The normalized spacial score (nSPS) is 13.8. The lowest BCUT2D eigenvalue weighted by molar-refractivity contribution is -0.117. The van der Waals surface area contributed by atoms with Gasteiger partial charge in [-0.25, -0.2) is 9.18 Å². The van der Waals surface area contributed by atoms with Gasteiger partial charge in [-0.05, 0) is 44.0 Å². The average molecular weight is 454 g/mol. The first kappa shape index (κ1) is 22.0. The van der Waals surface area contributed by atoms with E-state index >= 15 is 0 Å². The van der Waals surface area contributed by atoms with Crippen LogP contribution in [-0.2, 0) is 4.79 Å². The van der Waals surface area contributed by atoms with Gasteiger partial charge in [-0.3, -0.25) is 14.7 Å². The number of hydrogen-bond donors (Lipinski definition) is 2. The Balaban J connectivity index is 1.52. The van der Waals surface area contributed by atoms with Crippen molar-refractivity contribution in [1.82, 2.24) is 25.4 Å². The number of aryl methyl sites for hydroxylation is 1. The lowest BCUT2D eigenvalue weighted by atomic mass is 10.2. The van der Waals surface area contributed by atoms with Crippen LogP contribution in [0.25, 0.3) is 17.1 Å². The molecule has 9 heteroatoms. The van der Waals surface area contributed by atoms with Gasteiger partial charge in [0.1, 0.15) is 5.82 Å². The highest BCUT2D eigenvalue weighted by atomic mass is 32.2. The summed E-state index contributed by atoms with van der Waals surface area (Å²) in [6.07, 6.45) is 4.06. The fourth-order valence-electron chi connectivity index (χ4n) is 3.69. The summed E-state index contributed by atoms with van der Waals surface area (Å²) in [7, 11) is 0. The van der Waals surface area contributed by atoms with Crippen LogP contribution in [0.15, 0.2) is 53.7 Å². The summed E-state index contributed by atoms with van der Waals surface area (Å²) >= 11 is 1.14. The molecule has 1 aliphatic rings. The lowest BCUT2D eigenvalue weighted by Crippen LogP contribution is -2.44. The number of hydrogen-bond acceptors (Lipinski definition) is 5. The second-order valence-electron chi connectivity index (χ2n) is 7.75. The number of carbonyl (C=O) groups excluding carboxylic acids is 2. The van der Waals surface area contributed by atoms with E-state index in [0.717, 1.165) is 48.7 Å². The fourth-order valence-corrected chi connectivity index (χ4v) is 4.44. The van der Waals surface area contributed by atoms with E-state index in [4.69, 9.17) is 0 Å². The van der Waals surface area contributed by atoms with Gasteiger partial charge in [0.2, 0.25) is 5.91 Å². The molecule has 2 aromatic carbocycles. The molecule has 1 fully saturated rings. The third kappa shape index (κ3) is 5.16. The molecule has 32 heavy (non-hydrogen) atoms. The van der Waals surface area contributed by atoms with Gasteiger partial charge in [0.05, 0.1) is 11.3 Å². The Labute approximate surface area is 189 Å². The number of amides is 3. The smallest absolute Gasteiger partial charge is 0.321 e. The molecular weight excluding hydrogens is 429 g/mol. The zero-order valence-electron chi connectivity index (χ0n) is 17.7. The summed E-state index contributed by atoms with van der Waals surface area (Å²) in [5.74, 6) is -0.532. The van der Waals surface area contributed by atoms with Crippen LogP contribution >= 0.6 is 11.8 Å². The molecule has 0 spiro atoms. The molecule has 1 heterocycles. The maximum absolute atomic E-state index is 14.5. The van der Waals surface area contributed by atoms with Crippen molar-refractivity contribution in [2.75, 3.05) is 5.75 Å². The Morgan fingerprint density at radius 1 is 1.09 bits per heavy atom. The van der Waals surface area contributed by atoms with E-state index in [0.29, 0.717) is 16.5 Å². The third-order valence-electron chi connectivity index (χ3n) is 5.32. The first-order chi connectivity index (χ1) is 15.5. The predicted octanol–water partition coefficient (Wildman–Crippen LogP) is 4.24. The van der Waals surface area contributed by atoms with Gasteiger partial charge >= 0.3 is 6.03 Å². The minimum atomic E-state index is -0.477. The van der Waals surface area contributed by atoms with E-state index in [9.17, 15) is 14.0 Å². The first-order valence-corrected chi connectivity index (χ1v) is 11.5. The quantitative estimate of drug-likeness (QED) is 0.545. The van der Waals surface area contributed by atoms with Gasteiger partial charge in [0.15, 0.2) is 11.0 Å². The van der Waals surface area contributed by atoms with E-state index in [-0.39, 0.29) is 11.8 Å². The third-order valence-corrected chi connectivity index (χ3v) is 6.24. The van der Waals surface area contributed by atoms with Gasteiger partial charge in [-0.1, -0.05) is 54.4 Å². The van der Waals surface area contributed by atoms with Crippen molar-refractivity contribution in [3.8, 4) is 17.1 Å². The summed E-state index contributed by atoms with van der Waals surface area (Å²) in [6, 6.07) is 13.7. The molecule has 0 bridgehead atoms. The van der Waals surface area contributed by atoms with Crippen molar-refractivity contribution in [2.45, 2.75) is 43.8 Å². The molecule has 1 saturated carbocycles. The van der Waals surface area contributed by atoms with Crippen LogP contribution < -0.4 is 10.6 Å². The number of rotatable bonds is 6. The van der Waals surface area contributed by atoms with E-state index < -0.39 is 17.8 Å². The minimum Gasteiger partial charge on any atom is -0.335 e. The van der Waals surface area contributed by atoms with Crippen LogP contribution in [0.3, 0.4) is 0 Å². The number of nitrogens with zero attached hydrogens (tertiary/aromatic N) is 3. The highest BCUT2D eigenvalue weighted by Gasteiger charge is 2.21. The number of urea groups is 1.